The SMILES string of the molecule is COC(=O)CCCCCc1cccc2nc(C)n(-c3ccccc3)c(=O)c12.Cc1nc2cccc(CCCCCC(=O)NO)c2c(=O)n1-c1ccccc1. The number of para-hydroxylation sites is 2. The summed E-state index contributed by atoms with van der Waals surface area (Å²) in [6, 6.07) is 30.7. The van der Waals surface area contributed by atoms with Gasteiger partial charge in [-0.05, 0) is 99.9 Å². The molecule has 6 aromatic rings. The largest absolute Gasteiger partial charge is 0.469 e. The summed E-state index contributed by atoms with van der Waals surface area (Å²) < 4.78 is 7.98. The highest BCUT2D eigenvalue weighted by molar-refractivity contribution is 5.82. The molecule has 2 N–H and O–H groups in total. The minimum Gasteiger partial charge on any atom is -0.469 e. The van der Waals surface area contributed by atoms with Crippen LogP contribution in [0, 0.1) is 13.8 Å². The molecule has 0 fully saturated rings. The Labute approximate surface area is 314 Å². The van der Waals surface area contributed by atoms with Gasteiger partial charge in [0, 0.05) is 12.8 Å². The molecule has 0 aliphatic heterocycles. The second-order valence-electron chi connectivity index (χ2n) is 13.1. The molecule has 2 aromatic heterocycles. The number of rotatable bonds is 14. The Hall–Kier alpha value is -5.94. The van der Waals surface area contributed by atoms with Gasteiger partial charge in [-0.2, -0.15) is 0 Å². The van der Waals surface area contributed by atoms with Gasteiger partial charge in [0.05, 0.1) is 40.3 Å². The summed E-state index contributed by atoms with van der Waals surface area (Å²) in [6.45, 7) is 3.69. The maximum atomic E-state index is 13.2. The Balaban J connectivity index is 0.000000208. The first-order valence-electron chi connectivity index (χ1n) is 18.4. The fourth-order valence-electron chi connectivity index (χ4n) is 6.70. The first-order valence-corrected chi connectivity index (χ1v) is 18.4. The monoisotopic (exact) mass is 729 g/mol. The Bertz CT molecular complexity index is 2160. The topological polar surface area (TPSA) is 145 Å². The highest BCUT2D eigenvalue weighted by Crippen LogP contribution is 2.20. The van der Waals surface area contributed by atoms with Crippen LogP contribution in [0.5, 0.6) is 0 Å². The highest BCUT2D eigenvalue weighted by atomic mass is 16.5. The van der Waals surface area contributed by atoms with Crippen LogP contribution in [0.15, 0.2) is 107 Å². The van der Waals surface area contributed by atoms with Gasteiger partial charge in [-0.15, -0.1) is 0 Å². The van der Waals surface area contributed by atoms with Crippen molar-refractivity contribution in [2.45, 2.75) is 78.1 Å². The lowest BCUT2D eigenvalue weighted by molar-refractivity contribution is -0.140. The minimum atomic E-state index is -0.370. The predicted octanol–water partition coefficient (Wildman–Crippen LogP) is 7.27. The van der Waals surface area contributed by atoms with Gasteiger partial charge in [0.1, 0.15) is 11.6 Å². The van der Waals surface area contributed by atoms with Crippen molar-refractivity contribution >= 4 is 33.7 Å². The van der Waals surface area contributed by atoms with Gasteiger partial charge in [-0.25, -0.2) is 15.4 Å². The van der Waals surface area contributed by atoms with Crippen LogP contribution < -0.4 is 16.6 Å². The number of aryl methyl sites for hydroxylation is 4. The average molecular weight is 730 g/mol. The molecular weight excluding hydrogens is 683 g/mol. The molecule has 0 unspecified atom stereocenters. The standard InChI is InChI=1S/C22H24N2O3.C21H23N3O3/c1-16-23-19-14-9-11-17(10-5-3-8-15-20(25)27-2)21(19)22(26)24(16)18-12-6-4-7-13-18;1-15-22-18-13-8-10-16(9-4-2-7-14-19(25)23-27)20(18)21(26)24(15)17-11-5-3-6-12-17/h4,6-7,9,11-14H,3,5,8,10,15H2,1-2H3;3,5-6,8,10-13,27H,2,4,7,9,14H2,1H3,(H,23,25). The number of amides is 1. The normalized spacial score (nSPS) is 10.9. The van der Waals surface area contributed by atoms with E-state index in [4.69, 9.17) is 5.21 Å². The molecule has 1 amide bonds. The molecule has 54 heavy (non-hydrogen) atoms. The summed E-state index contributed by atoms with van der Waals surface area (Å²) in [4.78, 5) is 58.0. The first kappa shape index (κ1) is 39.3. The molecule has 11 nitrogen and oxygen atoms in total. The molecule has 0 bridgehead atoms. The zero-order valence-corrected chi connectivity index (χ0v) is 31.1. The molecule has 0 saturated heterocycles. The number of carbonyl (C=O) groups excluding carboxylic acids is 2. The lowest BCUT2D eigenvalue weighted by Crippen LogP contribution is -2.23. The van der Waals surface area contributed by atoms with Crippen molar-refractivity contribution < 1.29 is 19.5 Å². The number of methoxy groups -OCH3 is 1. The van der Waals surface area contributed by atoms with E-state index in [9.17, 15) is 19.2 Å². The van der Waals surface area contributed by atoms with E-state index >= 15 is 0 Å². The van der Waals surface area contributed by atoms with Crippen molar-refractivity contribution in [2.24, 2.45) is 0 Å². The van der Waals surface area contributed by atoms with Crippen molar-refractivity contribution in [3.63, 3.8) is 0 Å². The Morgan fingerprint density at radius 2 is 1.06 bits per heavy atom. The summed E-state index contributed by atoms with van der Waals surface area (Å²) in [5.41, 5.74) is 6.60. The molecule has 0 aliphatic rings. The fourth-order valence-corrected chi connectivity index (χ4v) is 6.70. The van der Waals surface area contributed by atoms with Gasteiger partial charge in [-0.1, -0.05) is 73.5 Å². The van der Waals surface area contributed by atoms with Crippen LogP contribution in [0.3, 0.4) is 0 Å². The number of nitrogens with zero attached hydrogens (tertiary/aromatic N) is 4. The summed E-state index contributed by atoms with van der Waals surface area (Å²) >= 11 is 0. The maximum Gasteiger partial charge on any atom is 0.305 e. The van der Waals surface area contributed by atoms with Crippen LogP contribution >= 0.6 is 0 Å². The molecule has 280 valence electrons. The third kappa shape index (κ3) is 9.73. The number of hydrogen-bond donors (Lipinski definition) is 2. The Morgan fingerprint density at radius 1 is 0.611 bits per heavy atom. The zero-order valence-electron chi connectivity index (χ0n) is 31.1. The smallest absolute Gasteiger partial charge is 0.305 e. The van der Waals surface area contributed by atoms with Crippen molar-refractivity contribution in [2.75, 3.05) is 7.11 Å². The van der Waals surface area contributed by atoms with Crippen LogP contribution in [-0.4, -0.2) is 43.3 Å². The van der Waals surface area contributed by atoms with Crippen molar-refractivity contribution in [1.82, 2.24) is 24.6 Å². The van der Waals surface area contributed by atoms with E-state index in [1.165, 1.54) is 7.11 Å². The van der Waals surface area contributed by atoms with Gasteiger partial charge in [0.25, 0.3) is 11.1 Å². The van der Waals surface area contributed by atoms with Crippen LogP contribution in [0.1, 0.15) is 74.1 Å². The summed E-state index contributed by atoms with van der Waals surface area (Å²) in [6.07, 6.45) is 7.28. The number of hydrogen-bond acceptors (Lipinski definition) is 8. The molecule has 0 aliphatic carbocycles. The number of benzene rings is 4. The number of unbranched alkanes of at least 4 members (excludes halogenated alkanes) is 4. The van der Waals surface area contributed by atoms with Crippen LogP contribution in [0.25, 0.3) is 33.2 Å². The van der Waals surface area contributed by atoms with E-state index < -0.39 is 0 Å². The zero-order chi connectivity index (χ0) is 38.5. The van der Waals surface area contributed by atoms with Gasteiger partial charge in [-0.3, -0.25) is 33.5 Å². The highest BCUT2D eigenvalue weighted by Gasteiger charge is 2.15. The van der Waals surface area contributed by atoms with Gasteiger partial charge < -0.3 is 4.74 Å². The van der Waals surface area contributed by atoms with Gasteiger partial charge in [0.15, 0.2) is 0 Å². The number of hydroxylamine groups is 1. The average Bonchev–Trinajstić information content (AvgIpc) is 3.18. The van der Waals surface area contributed by atoms with E-state index in [2.05, 4.69) is 14.7 Å². The minimum absolute atomic E-state index is 0.0335. The quantitative estimate of drug-likeness (QED) is 0.0516. The van der Waals surface area contributed by atoms with E-state index in [0.717, 1.165) is 73.0 Å². The number of aromatic nitrogens is 4. The molecule has 0 atom stereocenters. The summed E-state index contributed by atoms with van der Waals surface area (Å²) in [7, 11) is 1.41. The number of nitrogens with one attached hydrogen (secondary N) is 1. The molecule has 0 spiro atoms. The first-order chi connectivity index (χ1) is 26.2. The van der Waals surface area contributed by atoms with E-state index in [0.29, 0.717) is 47.2 Å². The van der Waals surface area contributed by atoms with E-state index in [1.807, 2.05) is 111 Å². The van der Waals surface area contributed by atoms with E-state index in [1.54, 1.807) is 14.6 Å². The van der Waals surface area contributed by atoms with E-state index in [-0.39, 0.29) is 23.0 Å². The third-order valence-electron chi connectivity index (χ3n) is 9.36. The number of carbonyl (C=O) groups is 2. The Kier molecular flexibility index (Phi) is 14.0. The van der Waals surface area contributed by atoms with Crippen molar-refractivity contribution in [3.8, 4) is 11.4 Å². The fraction of sp³-hybridized carbons (Fsp3) is 0.302. The summed E-state index contributed by atoms with van der Waals surface area (Å²) in [5.74, 6) is 0.788. The van der Waals surface area contributed by atoms with Crippen LogP contribution in [-0.2, 0) is 27.2 Å². The van der Waals surface area contributed by atoms with Crippen molar-refractivity contribution in [3.05, 3.63) is 141 Å². The Morgan fingerprint density at radius 3 is 1.48 bits per heavy atom. The molecule has 2 heterocycles. The molecule has 0 radical (unpaired) electrons. The molecule has 0 saturated carbocycles. The summed E-state index contributed by atoms with van der Waals surface area (Å²) in [5, 5.41) is 9.85. The molecule has 11 heteroatoms. The predicted molar refractivity (Wildman–Crippen MR) is 210 cm³/mol. The van der Waals surface area contributed by atoms with Crippen LogP contribution in [0.2, 0.25) is 0 Å². The maximum absolute atomic E-state index is 13.2. The molecule has 4 aromatic carbocycles. The van der Waals surface area contributed by atoms with Crippen LogP contribution in [0.4, 0.5) is 0 Å². The lowest BCUT2D eigenvalue weighted by Gasteiger charge is -2.13. The number of esters is 1. The van der Waals surface area contributed by atoms with Gasteiger partial charge >= 0.3 is 5.97 Å². The number of fused-ring (bicyclic) bond motifs is 2. The second kappa shape index (κ2) is 19.2. The van der Waals surface area contributed by atoms with Crippen molar-refractivity contribution in [1.29, 1.82) is 0 Å². The van der Waals surface area contributed by atoms with Gasteiger partial charge in [0.2, 0.25) is 5.91 Å². The molecule has 6 rings (SSSR count). The number of ether oxygens (including phenoxy) is 1. The second-order valence-corrected chi connectivity index (χ2v) is 13.1. The molecular formula is C43H47N5O6. The third-order valence-corrected chi connectivity index (χ3v) is 9.36. The lowest BCUT2D eigenvalue weighted by atomic mass is 10.0.